The van der Waals surface area contributed by atoms with Crippen molar-refractivity contribution >= 4 is 40.2 Å². The number of rotatable bonds is 3. The lowest BCUT2D eigenvalue weighted by atomic mass is 10.3. The third-order valence-corrected chi connectivity index (χ3v) is 3.35. The molecule has 0 radical (unpaired) electrons. The molecule has 0 amide bonds. The smallest absolute Gasteiger partial charge is 0.180 e. The SMILES string of the molecule is CC(C)n1cnc(/C=C/c2csc(N)n2)c1Cl. The second kappa shape index (κ2) is 4.89. The molecule has 0 aliphatic rings. The fourth-order valence-electron chi connectivity index (χ4n) is 1.37. The van der Waals surface area contributed by atoms with Crippen molar-refractivity contribution in [3.05, 3.63) is 28.2 Å². The Balaban J connectivity index is 2.22. The van der Waals surface area contributed by atoms with Crippen LogP contribution in [0.2, 0.25) is 5.15 Å². The molecule has 0 fully saturated rings. The number of hydrogen-bond donors (Lipinski definition) is 1. The van der Waals surface area contributed by atoms with Crippen molar-refractivity contribution in [1.29, 1.82) is 0 Å². The van der Waals surface area contributed by atoms with Gasteiger partial charge in [-0.15, -0.1) is 11.3 Å². The number of thiazole rings is 1. The summed E-state index contributed by atoms with van der Waals surface area (Å²) in [6.45, 7) is 4.12. The van der Waals surface area contributed by atoms with Crippen LogP contribution < -0.4 is 5.73 Å². The summed E-state index contributed by atoms with van der Waals surface area (Å²) in [5.74, 6) is 0. The number of nitrogen functional groups attached to an aromatic ring is 1. The minimum absolute atomic E-state index is 0.298. The van der Waals surface area contributed by atoms with Gasteiger partial charge in [-0.3, -0.25) is 0 Å². The average molecular weight is 269 g/mol. The van der Waals surface area contributed by atoms with Crippen molar-refractivity contribution in [2.45, 2.75) is 19.9 Å². The second-order valence-corrected chi connectivity index (χ2v) is 5.11. The van der Waals surface area contributed by atoms with Crippen molar-refractivity contribution in [3.63, 3.8) is 0 Å². The molecular formula is C11H13ClN4S. The van der Waals surface area contributed by atoms with Crippen LogP contribution in [0.4, 0.5) is 5.13 Å². The summed E-state index contributed by atoms with van der Waals surface area (Å²) in [7, 11) is 0. The maximum absolute atomic E-state index is 6.20. The molecule has 0 aliphatic heterocycles. The lowest BCUT2D eigenvalue weighted by Crippen LogP contribution is -1.98. The average Bonchev–Trinajstić information content (AvgIpc) is 2.82. The first-order valence-corrected chi connectivity index (χ1v) is 6.45. The van der Waals surface area contributed by atoms with E-state index in [4.69, 9.17) is 17.3 Å². The van der Waals surface area contributed by atoms with Crippen LogP contribution in [0.3, 0.4) is 0 Å². The van der Waals surface area contributed by atoms with E-state index in [-0.39, 0.29) is 0 Å². The van der Waals surface area contributed by atoms with Crippen LogP contribution in [0.1, 0.15) is 31.3 Å². The summed E-state index contributed by atoms with van der Waals surface area (Å²) < 4.78 is 1.91. The zero-order valence-electron chi connectivity index (χ0n) is 9.59. The summed E-state index contributed by atoms with van der Waals surface area (Å²) in [5, 5.41) is 3.09. The molecule has 17 heavy (non-hydrogen) atoms. The normalized spacial score (nSPS) is 11.8. The number of halogens is 1. The van der Waals surface area contributed by atoms with Gasteiger partial charge in [-0.1, -0.05) is 11.6 Å². The fourth-order valence-corrected chi connectivity index (χ4v) is 2.26. The molecule has 4 nitrogen and oxygen atoms in total. The third kappa shape index (κ3) is 2.68. The molecule has 2 heterocycles. The number of nitrogens with two attached hydrogens (primary N) is 1. The molecular weight excluding hydrogens is 256 g/mol. The Labute approximate surface area is 109 Å². The molecule has 0 atom stereocenters. The third-order valence-electron chi connectivity index (χ3n) is 2.27. The number of hydrogen-bond acceptors (Lipinski definition) is 4. The zero-order chi connectivity index (χ0) is 12.4. The number of imidazole rings is 1. The van der Waals surface area contributed by atoms with Crippen LogP contribution in [-0.2, 0) is 0 Å². The van der Waals surface area contributed by atoms with E-state index in [2.05, 4.69) is 23.8 Å². The first-order chi connectivity index (χ1) is 8.08. The monoisotopic (exact) mass is 268 g/mol. The highest BCUT2D eigenvalue weighted by molar-refractivity contribution is 7.13. The molecule has 0 saturated carbocycles. The second-order valence-electron chi connectivity index (χ2n) is 3.87. The standard InChI is InChI=1S/C11H13ClN4S/c1-7(2)16-6-14-9(10(16)12)4-3-8-5-17-11(13)15-8/h3-7H,1-2H3,(H2,13,15)/b4-3+. The van der Waals surface area contributed by atoms with E-state index in [9.17, 15) is 0 Å². The van der Waals surface area contributed by atoms with Crippen LogP contribution >= 0.6 is 22.9 Å². The zero-order valence-corrected chi connectivity index (χ0v) is 11.2. The molecule has 0 unspecified atom stereocenters. The van der Waals surface area contributed by atoms with Crippen LogP contribution in [0.15, 0.2) is 11.7 Å². The van der Waals surface area contributed by atoms with Gasteiger partial charge in [0.15, 0.2) is 5.13 Å². The molecule has 0 saturated heterocycles. The molecule has 90 valence electrons. The highest BCUT2D eigenvalue weighted by atomic mass is 35.5. The molecule has 0 bridgehead atoms. The maximum atomic E-state index is 6.20. The van der Waals surface area contributed by atoms with Crippen LogP contribution in [-0.4, -0.2) is 14.5 Å². The van der Waals surface area contributed by atoms with Crippen LogP contribution in [0, 0.1) is 0 Å². The largest absolute Gasteiger partial charge is 0.375 e. The molecule has 0 spiro atoms. The van der Waals surface area contributed by atoms with Gasteiger partial charge in [0.2, 0.25) is 0 Å². The van der Waals surface area contributed by atoms with Gasteiger partial charge in [0, 0.05) is 11.4 Å². The Morgan fingerprint density at radius 2 is 2.24 bits per heavy atom. The van der Waals surface area contributed by atoms with Gasteiger partial charge >= 0.3 is 0 Å². The van der Waals surface area contributed by atoms with E-state index in [0.717, 1.165) is 11.4 Å². The summed E-state index contributed by atoms with van der Waals surface area (Å²) in [6.07, 6.45) is 5.43. The van der Waals surface area contributed by atoms with Gasteiger partial charge in [0.1, 0.15) is 10.8 Å². The van der Waals surface area contributed by atoms with Gasteiger partial charge in [0.25, 0.3) is 0 Å². The van der Waals surface area contributed by atoms with E-state index in [0.29, 0.717) is 16.3 Å². The van der Waals surface area contributed by atoms with Gasteiger partial charge in [-0.25, -0.2) is 9.97 Å². The van der Waals surface area contributed by atoms with Crippen LogP contribution in [0.5, 0.6) is 0 Å². The summed E-state index contributed by atoms with van der Waals surface area (Å²) in [4.78, 5) is 8.38. The van der Waals surface area contributed by atoms with Crippen LogP contribution in [0.25, 0.3) is 12.2 Å². The van der Waals surface area contributed by atoms with Crippen molar-refractivity contribution in [1.82, 2.24) is 14.5 Å². The Morgan fingerprint density at radius 3 is 2.76 bits per heavy atom. The number of nitrogens with zero attached hydrogens (tertiary/aromatic N) is 3. The van der Waals surface area contributed by atoms with Crippen molar-refractivity contribution in [2.75, 3.05) is 5.73 Å². The van der Waals surface area contributed by atoms with E-state index >= 15 is 0 Å². The summed E-state index contributed by atoms with van der Waals surface area (Å²) in [6, 6.07) is 0.298. The molecule has 2 N–H and O–H groups in total. The topological polar surface area (TPSA) is 56.7 Å². The van der Waals surface area contributed by atoms with Crippen molar-refractivity contribution in [3.8, 4) is 0 Å². The van der Waals surface area contributed by atoms with E-state index in [1.165, 1.54) is 11.3 Å². The molecule has 6 heteroatoms. The lowest BCUT2D eigenvalue weighted by molar-refractivity contribution is 0.600. The molecule has 0 aliphatic carbocycles. The Hall–Kier alpha value is -1.33. The Bertz CT molecular complexity index is 541. The Morgan fingerprint density at radius 1 is 1.47 bits per heavy atom. The first-order valence-electron chi connectivity index (χ1n) is 5.19. The summed E-state index contributed by atoms with van der Waals surface area (Å²) in [5.41, 5.74) is 7.11. The van der Waals surface area contributed by atoms with Gasteiger partial charge in [-0.05, 0) is 26.0 Å². The van der Waals surface area contributed by atoms with Crippen molar-refractivity contribution < 1.29 is 0 Å². The molecule has 2 aromatic rings. The minimum atomic E-state index is 0.298. The lowest BCUT2D eigenvalue weighted by Gasteiger charge is -2.06. The Kier molecular flexibility index (Phi) is 3.49. The van der Waals surface area contributed by atoms with Crippen molar-refractivity contribution in [2.24, 2.45) is 0 Å². The van der Waals surface area contributed by atoms with E-state index < -0.39 is 0 Å². The number of aromatic nitrogens is 3. The highest BCUT2D eigenvalue weighted by Gasteiger charge is 2.08. The molecule has 0 aromatic carbocycles. The highest BCUT2D eigenvalue weighted by Crippen LogP contribution is 2.21. The quantitative estimate of drug-likeness (QED) is 0.929. The first kappa shape index (κ1) is 12.1. The predicted octanol–water partition coefficient (Wildman–Crippen LogP) is 3.33. The fraction of sp³-hybridized carbons (Fsp3) is 0.273. The minimum Gasteiger partial charge on any atom is -0.375 e. The van der Waals surface area contributed by atoms with Gasteiger partial charge in [0.05, 0.1) is 12.0 Å². The maximum Gasteiger partial charge on any atom is 0.180 e. The summed E-state index contributed by atoms with van der Waals surface area (Å²) >= 11 is 7.61. The molecule has 2 rings (SSSR count). The predicted molar refractivity (Wildman–Crippen MR) is 73.1 cm³/mol. The number of anilines is 1. The molecule has 2 aromatic heterocycles. The van der Waals surface area contributed by atoms with Gasteiger partial charge in [-0.2, -0.15) is 0 Å². The van der Waals surface area contributed by atoms with Gasteiger partial charge < -0.3 is 10.3 Å². The van der Waals surface area contributed by atoms with E-state index in [1.807, 2.05) is 22.1 Å². The van der Waals surface area contributed by atoms with E-state index in [1.54, 1.807) is 6.33 Å².